The Hall–Kier alpha value is -2.21. The standard InChI is InChI=1S/C17H17FN2O2S/c18-14-3-1-12(2-4-14)5-7-20-10-15(9-16(20)21)19-17(22)13-6-8-23-11-13/h1-4,6,8,11,15H,5,7,9-10H2,(H,19,22). The summed E-state index contributed by atoms with van der Waals surface area (Å²) in [6, 6.07) is 7.92. The summed E-state index contributed by atoms with van der Waals surface area (Å²) in [5, 5.41) is 6.54. The van der Waals surface area contributed by atoms with Gasteiger partial charge in [0.25, 0.3) is 5.91 Å². The third-order valence-corrected chi connectivity index (χ3v) is 4.60. The van der Waals surface area contributed by atoms with Gasteiger partial charge < -0.3 is 10.2 Å². The molecule has 4 nitrogen and oxygen atoms in total. The molecule has 2 amide bonds. The lowest BCUT2D eigenvalue weighted by Crippen LogP contribution is -2.37. The van der Waals surface area contributed by atoms with Gasteiger partial charge in [0, 0.05) is 30.5 Å². The molecule has 1 aromatic carbocycles. The summed E-state index contributed by atoms with van der Waals surface area (Å²) >= 11 is 1.47. The van der Waals surface area contributed by atoms with E-state index in [1.807, 2.05) is 5.38 Å². The molecule has 0 radical (unpaired) electrons. The topological polar surface area (TPSA) is 49.4 Å². The monoisotopic (exact) mass is 332 g/mol. The highest BCUT2D eigenvalue weighted by atomic mass is 32.1. The zero-order chi connectivity index (χ0) is 16.2. The number of rotatable bonds is 5. The van der Waals surface area contributed by atoms with Crippen LogP contribution in [-0.4, -0.2) is 35.8 Å². The molecule has 1 aliphatic heterocycles. The Bertz CT molecular complexity index is 685. The lowest BCUT2D eigenvalue weighted by atomic mass is 10.1. The van der Waals surface area contributed by atoms with Gasteiger partial charge in [0.1, 0.15) is 5.82 Å². The molecule has 1 atom stereocenters. The summed E-state index contributed by atoms with van der Waals surface area (Å²) in [5.74, 6) is -0.352. The van der Waals surface area contributed by atoms with E-state index in [0.717, 1.165) is 5.56 Å². The number of amides is 2. The molecule has 120 valence electrons. The summed E-state index contributed by atoms with van der Waals surface area (Å²) in [6.45, 7) is 1.10. The Kier molecular flexibility index (Phi) is 4.71. The van der Waals surface area contributed by atoms with E-state index in [4.69, 9.17) is 0 Å². The predicted molar refractivity (Wildman–Crippen MR) is 86.9 cm³/mol. The van der Waals surface area contributed by atoms with Gasteiger partial charge in [-0.3, -0.25) is 9.59 Å². The van der Waals surface area contributed by atoms with Crippen molar-refractivity contribution in [2.24, 2.45) is 0 Å². The molecule has 1 aliphatic rings. The van der Waals surface area contributed by atoms with Crippen LogP contribution in [0.2, 0.25) is 0 Å². The molecule has 23 heavy (non-hydrogen) atoms. The maximum Gasteiger partial charge on any atom is 0.252 e. The number of likely N-dealkylation sites (tertiary alicyclic amines) is 1. The number of halogens is 1. The minimum absolute atomic E-state index is 0.0442. The van der Waals surface area contributed by atoms with Crippen molar-refractivity contribution in [1.82, 2.24) is 10.2 Å². The second kappa shape index (κ2) is 6.91. The number of nitrogens with one attached hydrogen (secondary N) is 1. The number of nitrogens with zero attached hydrogens (tertiary/aromatic N) is 1. The summed E-state index contributed by atoms with van der Waals surface area (Å²) in [6.07, 6.45) is 1.01. The summed E-state index contributed by atoms with van der Waals surface area (Å²) in [7, 11) is 0. The summed E-state index contributed by atoms with van der Waals surface area (Å²) in [4.78, 5) is 25.8. The molecule has 6 heteroatoms. The number of hydrogen-bond acceptors (Lipinski definition) is 3. The highest BCUT2D eigenvalue weighted by Gasteiger charge is 2.30. The first kappa shape index (κ1) is 15.7. The Morgan fingerprint density at radius 3 is 2.78 bits per heavy atom. The van der Waals surface area contributed by atoms with Crippen LogP contribution >= 0.6 is 11.3 Å². The van der Waals surface area contributed by atoms with Gasteiger partial charge in [-0.2, -0.15) is 11.3 Å². The number of hydrogen-bond donors (Lipinski definition) is 1. The molecule has 3 rings (SSSR count). The Labute approximate surface area is 137 Å². The van der Waals surface area contributed by atoms with Crippen molar-refractivity contribution in [3.63, 3.8) is 0 Å². The lowest BCUT2D eigenvalue weighted by Gasteiger charge is -2.17. The minimum atomic E-state index is -0.262. The molecule has 1 aromatic heterocycles. The Morgan fingerprint density at radius 2 is 2.09 bits per heavy atom. The number of benzene rings is 1. The number of thiophene rings is 1. The van der Waals surface area contributed by atoms with Crippen LogP contribution in [0, 0.1) is 5.82 Å². The third kappa shape index (κ3) is 3.96. The first-order chi connectivity index (χ1) is 11.1. The molecular formula is C17H17FN2O2S. The van der Waals surface area contributed by atoms with Crippen LogP contribution in [0.25, 0.3) is 0 Å². The molecule has 0 spiro atoms. The highest BCUT2D eigenvalue weighted by molar-refractivity contribution is 7.08. The first-order valence-corrected chi connectivity index (χ1v) is 8.41. The average molecular weight is 332 g/mol. The fourth-order valence-corrected chi connectivity index (χ4v) is 3.30. The molecule has 0 bridgehead atoms. The van der Waals surface area contributed by atoms with E-state index >= 15 is 0 Å². The second-order valence-electron chi connectivity index (χ2n) is 5.60. The molecule has 0 aliphatic carbocycles. The number of carbonyl (C=O) groups is 2. The summed E-state index contributed by atoms with van der Waals surface area (Å²) < 4.78 is 12.9. The fraction of sp³-hybridized carbons (Fsp3) is 0.294. The van der Waals surface area contributed by atoms with E-state index in [-0.39, 0.29) is 23.7 Å². The van der Waals surface area contributed by atoms with Crippen LogP contribution in [0.5, 0.6) is 0 Å². The van der Waals surface area contributed by atoms with E-state index in [9.17, 15) is 14.0 Å². The molecular weight excluding hydrogens is 315 g/mol. The van der Waals surface area contributed by atoms with Crippen molar-refractivity contribution in [2.75, 3.05) is 13.1 Å². The van der Waals surface area contributed by atoms with Gasteiger partial charge >= 0.3 is 0 Å². The van der Waals surface area contributed by atoms with E-state index in [1.165, 1.54) is 23.5 Å². The Balaban J connectivity index is 1.51. The molecule has 2 heterocycles. The van der Waals surface area contributed by atoms with Crippen LogP contribution in [0.15, 0.2) is 41.1 Å². The molecule has 2 aromatic rings. The van der Waals surface area contributed by atoms with Crippen molar-refractivity contribution in [3.8, 4) is 0 Å². The molecule has 1 saturated heterocycles. The SMILES string of the molecule is O=C(NC1CC(=O)N(CCc2ccc(F)cc2)C1)c1ccsc1. The molecule has 1 unspecified atom stereocenters. The van der Waals surface area contributed by atoms with Gasteiger partial charge in [-0.1, -0.05) is 12.1 Å². The second-order valence-corrected chi connectivity index (χ2v) is 6.38. The smallest absolute Gasteiger partial charge is 0.252 e. The van der Waals surface area contributed by atoms with Crippen molar-refractivity contribution < 1.29 is 14.0 Å². The van der Waals surface area contributed by atoms with E-state index in [0.29, 0.717) is 31.5 Å². The molecule has 0 saturated carbocycles. The van der Waals surface area contributed by atoms with E-state index in [2.05, 4.69) is 5.32 Å². The molecule has 1 fully saturated rings. The van der Waals surface area contributed by atoms with Gasteiger partial charge in [-0.15, -0.1) is 0 Å². The zero-order valence-corrected chi connectivity index (χ0v) is 13.3. The van der Waals surface area contributed by atoms with Gasteiger partial charge in [-0.25, -0.2) is 4.39 Å². The van der Waals surface area contributed by atoms with Crippen molar-refractivity contribution in [3.05, 3.63) is 58.0 Å². The van der Waals surface area contributed by atoms with Gasteiger partial charge in [0.15, 0.2) is 0 Å². The lowest BCUT2D eigenvalue weighted by molar-refractivity contribution is -0.127. The van der Waals surface area contributed by atoms with E-state index in [1.54, 1.807) is 28.5 Å². The Morgan fingerprint density at radius 1 is 1.30 bits per heavy atom. The maximum absolute atomic E-state index is 12.9. The van der Waals surface area contributed by atoms with Crippen LogP contribution in [0.1, 0.15) is 22.3 Å². The molecule has 1 N–H and O–H groups in total. The average Bonchev–Trinajstić information content (AvgIpc) is 3.17. The van der Waals surface area contributed by atoms with Crippen molar-refractivity contribution in [1.29, 1.82) is 0 Å². The summed E-state index contributed by atoms with van der Waals surface area (Å²) in [5.41, 5.74) is 1.62. The van der Waals surface area contributed by atoms with Crippen molar-refractivity contribution in [2.45, 2.75) is 18.9 Å². The van der Waals surface area contributed by atoms with Crippen LogP contribution in [0.3, 0.4) is 0 Å². The third-order valence-electron chi connectivity index (χ3n) is 3.92. The van der Waals surface area contributed by atoms with Gasteiger partial charge in [0.05, 0.1) is 6.04 Å². The van der Waals surface area contributed by atoms with Crippen LogP contribution in [0.4, 0.5) is 4.39 Å². The fourth-order valence-electron chi connectivity index (χ4n) is 2.66. The van der Waals surface area contributed by atoms with Crippen LogP contribution in [-0.2, 0) is 11.2 Å². The highest BCUT2D eigenvalue weighted by Crippen LogP contribution is 2.14. The van der Waals surface area contributed by atoms with Gasteiger partial charge in [0.2, 0.25) is 5.91 Å². The van der Waals surface area contributed by atoms with Crippen LogP contribution < -0.4 is 5.32 Å². The maximum atomic E-state index is 12.9. The largest absolute Gasteiger partial charge is 0.347 e. The first-order valence-electron chi connectivity index (χ1n) is 7.47. The minimum Gasteiger partial charge on any atom is -0.347 e. The van der Waals surface area contributed by atoms with Gasteiger partial charge in [-0.05, 0) is 35.6 Å². The normalized spacial score (nSPS) is 17.5. The zero-order valence-electron chi connectivity index (χ0n) is 12.5. The number of carbonyl (C=O) groups excluding carboxylic acids is 2. The van der Waals surface area contributed by atoms with Crippen molar-refractivity contribution >= 4 is 23.2 Å². The predicted octanol–water partition coefficient (Wildman–Crippen LogP) is 2.46. The van der Waals surface area contributed by atoms with E-state index < -0.39 is 0 Å². The quantitative estimate of drug-likeness (QED) is 0.914.